The van der Waals surface area contributed by atoms with Crippen molar-refractivity contribution in [3.8, 4) is 0 Å². The van der Waals surface area contributed by atoms with E-state index < -0.39 is 12.0 Å². The van der Waals surface area contributed by atoms with E-state index in [-0.39, 0.29) is 11.8 Å². The van der Waals surface area contributed by atoms with Crippen molar-refractivity contribution in [2.75, 3.05) is 5.75 Å². The lowest BCUT2D eigenvalue weighted by Gasteiger charge is -2.23. The second-order valence-corrected chi connectivity index (χ2v) is 4.86. The minimum Gasteiger partial charge on any atom is -0.480 e. The van der Waals surface area contributed by atoms with Gasteiger partial charge in [0.05, 0.1) is 6.04 Å². The van der Waals surface area contributed by atoms with Gasteiger partial charge in [0.25, 0.3) is 0 Å². The number of rotatable bonds is 6. The van der Waals surface area contributed by atoms with Crippen LogP contribution < -0.4 is 5.32 Å². The first kappa shape index (κ1) is 14.6. The van der Waals surface area contributed by atoms with Gasteiger partial charge in [0, 0.05) is 5.75 Å². The van der Waals surface area contributed by atoms with Gasteiger partial charge in [-0.15, -0.1) is 0 Å². The predicted octanol–water partition coefficient (Wildman–Crippen LogP) is 2.75. The van der Waals surface area contributed by atoms with E-state index in [4.69, 9.17) is 0 Å². The zero-order valence-corrected chi connectivity index (χ0v) is 11.8. The zero-order valence-electron chi connectivity index (χ0n) is 10.9. The molecule has 2 rings (SSSR count). The zero-order chi connectivity index (χ0) is 14.4. The van der Waals surface area contributed by atoms with Crippen molar-refractivity contribution in [3.05, 3.63) is 71.8 Å². The minimum absolute atomic E-state index is 0.161. The Morgan fingerprint density at radius 2 is 1.45 bits per heavy atom. The Kier molecular flexibility index (Phi) is 5.21. The van der Waals surface area contributed by atoms with E-state index in [1.165, 1.54) is 0 Å². The molecular weight excluding hydrogens is 270 g/mol. The van der Waals surface area contributed by atoms with E-state index in [2.05, 4.69) is 17.9 Å². The first-order chi connectivity index (χ1) is 9.72. The van der Waals surface area contributed by atoms with Crippen LogP contribution in [0.25, 0.3) is 0 Å². The van der Waals surface area contributed by atoms with Gasteiger partial charge in [0.1, 0.15) is 6.04 Å². The van der Waals surface area contributed by atoms with Crippen LogP contribution in [0.5, 0.6) is 0 Å². The predicted molar refractivity (Wildman–Crippen MR) is 83.1 cm³/mol. The topological polar surface area (TPSA) is 49.3 Å². The second-order valence-electron chi connectivity index (χ2n) is 4.49. The monoisotopic (exact) mass is 287 g/mol. The molecule has 2 aromatic carbocycles. The highest BCUT2D eigenvalue weighted by Gasteiger charge is 2.22. The number of benzene rings is 2. The maximum atomic E-state index is 11.2. The number of nitrogens with one attached hydrogen (secondary N) is 1. The van der Waals surface area contributed by atoms with E-state index in [9.17, 15) is 9.90 Å². The average molecular weight is 287 g/mol. The van der Waals surface area contributed by atoms with Crippen molar-refractivity contribution in [2.45, 2.75) is 12.1 Å². The highest BCUT2D eigenvalue weighted by Crippen LogP contribution is 2.22. The van der Waals surface area contributed by atoms with Crippen LogP contribution in [-0.2, 0) is 4.79 Å². The number of carboxylic acids is 1. The molecule has 0 aromatic heterocycles. The van der Waals surface area contributed by atoms with Crippen LogP contribution in [0.1, 0.15) is 17.2 Å². The molecule has 104 valence electrons. The molecule has 1 atom stereocenters. The van der Waals surface area contributed by atoms with E-state index in [0.29, 0.717) is 0 Å². The van der Waals surface area contributed by atoms with E-state index in [1.54, 1.807) is 0 Å². The Labute approximate surface area is 124 Å². The summed E-state index contributed by atoms with van der Waals surface area (Å²) in [4.78, 5) is 11.2. The van der Waals surface area contributed by atoms with E-state index in [0.717, 1.165) is 11.1 Å². The largest absolute Gasteiger partial charge is 0.480 e. The molecule has 2 N–H and O–H groups in total. The average Bonchev–Trinajstić information content (AvgIpc) is 2.50. The van der Waals surface area contributed by atoms with Gasteiger partial charge in [-0.25, -0.2) is 0 Å². The third-order valence-corrected chi connectivity index (χ3v) is 3.48. The maximum absolute atomic E-state index is 11.2. The first-order valence-corrected chi connectivity index (χ1v) is 7.05. The second kappa shape index (κ2) is 7.12. The molecule has 0 bridgehead atoms. The van der Waals surface area contributed by atoms with Crippen LogP contribution in [0.3, 0.4) is 0 Å². The summed E-state index contributed by atoms with van der Waals surface area (Å²) in [6.45, 7) is 0. The molecule has 0 fully saturated rings. The number of aliphatic carboxylic acids is 1. The molecule has 2 aromatic rings. The van der Waals surface area contributed by atoms with Gasteiger partial charge in [0.2, 0.25) is 0 Å². The smallest absolute Gasteiger partial charge is 0.321 e. The Bertz CT molecular complexity index is 505. The SMILES string of the molecule is O=C(O)C(CS)NC(c1ccccc1)c1ccccc1. The van der Waals surface area contributed by atoms with Gasteiger partial charge < -0.3 is 5.11 Å². The van der Waals surface area contributed by atoms with Crippen molar-refractivity contribution in [1.29, 1.82) is 0 Å². The molecule has 0 heterocycles. The van der Waals surface area contributed by atoms with Gasteiger partial charge in [-0.05, 0) is 11.1 Å². The molecule has 0 saturated heterocycles. The van der Waals surface area contributed by atoms with Crippen LogP contribution in [0.15, 0.2) is 60.7 Å². The molecule has 0 amide bonds. The lowest BCUT2D eigenvalue weighted by Crippen LogP contribution is -2.41. The fraction of sp³-hybridized carbons (Fsp3) is 0.188. The summed E-state index contributed by atoms with van der Waals surface area (Å²) in [5, 5.41) is 12.4. The number of hydrogen-bond donors (Lipinski definition) is 3. The number of carboxylic acid groups (broad SMARTS) is 1. The van der Waals surface area contributed by atoms with Crippen molar-refractivity contribution >= 4 is 18.6 Å². The Morgan fingerprint density at radius 3 is 1.80 bits per heavy atom. The summed E-state index contributed by atoms with van der Waals surface area (Å²) in [7, 11) is 0. The third-order valence-electron chi connectivity index (χ3n) is 3.11. The summed E-state index contributed by atoms with van der Waals surface area (Å²) in [6.07, 6.45) is 0. The number of carbonyl (C=O) groups is 1. The number of hydrogen-bond acceptors (Lipinski definition) is 3. The molecule has 1 unspecified atom stereocenters. The van der Waals surface area contributed by atoms with Gasteiger partial charge in [-0.3, -0.25) is 10.1 Å². The van der Waals surface area contributed by atoms with Crippen LogP contribution in [0.2, 0.25) is 0 Å². The van der Waals surface area contributed by atoms with Crippen LogP contribution in [0, 0.1) is 0 Å². The Hall–Kier alpha value is -1.78. The standard InChI is InChI=1S/C16H17NO2S/c18-16(19)14(11-20)17-15(12-7-3-1-4-8-12)13-9-5-2-6-10-13/h1-10,14-15,17,20H,11H2,(H,18,19). The lowest BCUT2D eigenvalue weighted by atomic mass is 9.98. The van der Waals surface area contributed by atoms with E-state index in [1.807, 2.05) is 60.7 Å². The van der Waals surface area contributed by atoms with Crippen molar-refractivity contribution in [2.24, 2.45) is 0 Å². The summed E-state index contributed by atoms with van der Waals surface area (Å²) in [5.74, 6) is -0.650. The molecule has 3 nitrogen and oxygen atoms in total. The summed E-state index contributed by atoms with van der Waals surface area (Å²) in [5.41, 5.74) is 2.07. The molecule has 20 heavy (non-hydrogen) atoms. The maximum Gasteiger partial charge on any atom is 0.321 e. The van der Waals surface area contributed by atoms with Crippen molar-refractivity contribution in [1.82, 2.24) is 5.32 Å². The van der Waals surface area contributed by atoms with E-state index >= 15 is 0 Å². The highest BCUT2D eigenvalue weighted by atomic mass is 32.1. The Morgan fingerprint density at radius 1 is 1.00 bits per heavy atom. The minimum atomic E-state index is -0.892. The van der Waals surface area contributed by atoms with Gasteiger partial charge in [0.15, 0.2) is 0 Å². The molecule has 0 radical (unpaired) electrons. The van der Waals surface area contributed by atoms with Crippen molar-refractivity contribution in [3.63, 3.8) is 0 Å². The molecule has 0 aliphatic heterocycles. The first-order valence-electron chi connectivity index (χ1n) is 6.42. The third kappa shape index (κ3) is 3.62. The normalized spacial score (nSPS) is 12.3. The van der Waals surface area contributed by atoms with Crippen LogP contribution in [-0.4, -0.2) is 22.9 Å². The molecule has 0 aliphatic rings. The highest BCUT2D eigenvalue weighted by molar-refractivity contribution is 7.80. The summed E-state index contributed by atoms with van der Waals surface area (Å²) >= 11 is 4.11. The molecular formula is C16H17NO2S. The quantitative estimate of drug-likeness (QED) is 0.716. The van der Waals surface area contributed by atoms with Gasteiger partial charge >= 0.3 is 5.97 Å². The lowest BCUT2D eigenvalue weighted by molar-refractivity contribution is -0.138. The van der Waals surface area contributed by atoms with Gasteiger partial charge in [-0.1, -0.05) is 60.7 Å². The van der Waals surface area contributed by atoms with Gasteiger partial charge in [-0.2, -0.15) is 12.6 Å². The summed E-state index contributed by atoms with van der Waals surface area (Å²) < 4.78 is 0. The molecule has 0 saturated carbocycles. The number of thiol groups is 1. The Balaban J connectivity index is 2.32. The molecule has 0 spiro atoms. The van der Waals surface area contributed by atoms with Crippen LogP contribution in [0.4, 0.5) is 0 Å². The van der Waals surface area contributed by atoms with Crippen LogP contribution >= 0.6 is 12.6 Å². The fourth-order valence-corrected chi connectivity index (χ4v) is 2.34. The van der Waals surface area contributed by atoms with Crippen molar-refractivity contribution < 1.29 is 9.90 Å². The molecule has 0 aliphatic carbocycles. The molecule has 4 heteroatoms. The summed E-state index contributed by atoms with van der Waals surface area (Å²) in [6, 6.07) is 18.8. The fourth-order valence-electron chi connectivity index (χ4n) is 2.08.